The molecule has 0 atom stereocenters. The molecule has 33 heavy (non-hydrogen) atoms. The third-order valence-corrected chi connectivity index (χ3v) is 5.42. The monoisotopic (exact) mass is 457 g/mol. The van der Waals surface area contributed by atoms with Crippen LogP contribution in [0.1, 0.15) is 68.9 Å². The smallest absolute Gasteiger partial charge is 0.278 e. The maximum Gasteiger partial charge on any atom is 0.278 e. The quantitative estimate of drug-likeness (QED) is 0.497. The van der Waals surface area contributed by atoms with Crippen molar-refractivity contribution >= 4 is 11.8 Å². The van der Waals surface area contributed by atoms with Crippen molar-refractivity contribution in [1.82, 2.24) is 14.7 Å². The van der Waals surface area contributed by atoms with Gasteiger partial charge in [0.15, 0.2) is 0 Å². The van der Waals surface area contributed by atoms with E-state index in [1.807, 2.05) is 46.8 Å². The van der Waals surface area contributed by atoms with Crippen molar-refractivity contribution in [2.45, 2.75) is 60.3 Å². The van der Waals surface area contributed by atoms with Crippen LogP contribution < -0.4 is 4.74 Å². The Labute approximate surface area is 198 Å². The summed E-state index contributed by atoms with van der Waals surface area (Å²) in [6.45, 7) is 15.5. The van der Waals surface area contributed by atoms with Crippen LogP contribution in [0.3, 0.4) is 0 Å². The first-order valence-corrected chi connectivity index (χ1v) is 11.7. The lowest BCUT2D eigenvalue weighted by molar-refractivity contribution is -0.132. The molecule has 0 saturated carbocycles. The summed E-state index contributed by atoms with van der Waals surface area (Å²) in [7, 11) is 1.73. The molecule has 0 aliphatic rings. The van der Waals surface area contributed by atoms with Crippen molar-refractivity contribution in [3.8, 4) is 5.75 Å². The van der Waals surface area contributed by atoms with Gasteiger partial charge in [-0.3, -0.25) is 19.2 Å². The molecule has 2 amide bonds. The lowest BCUT2D eigenvalue weighted by Crippen LogP contribution is -2.42. The van der Waals surface area contributed by atoms with Crippen LogP contribution in [0.2, 0.25) is 0 Å². The van der Waals surface area contributed by atoms with Gasteiger partial charge in [-0.15, -0.1) is 0 Å². The number of amides is 2. The Morgan fingerprint density at radius 2 is 1.85 bits per heavy atom. The van der Waals surface area contributed by atoms with Gasteiger partial charge in [0.1, 0.15) is 18.1 Å². The molecule has 0 aliphatic heterocycles. The highest BCUT2D eigenvalue weighted by Gasteiger charge is 2.29. The number of aromatic nitrogens is 2. The number of hydrogen-bond acceptors (Lipinski definition) is 5. The zero-order valence-electron chi connectivity index (χ0n) is 21.4. The van der Waals surface area contributed by atoms with Crippen molar-refractivity contribution in [2.75, 3.05) is 26.4 Å². The van der Waals surface area contributed by atoms with E-state index in [0.29, 0.717) is 18.9 Å². The van der Waals surface area contributed by atoms with Crippen LogP contribution in [0.5, 0.6) is 5.75 Å². The first-order valence-electron chi connectivity index (χ1n) is 11.7. The number of ether oxygens (including phenoxy) is 2. The predicted octanol–water partition coefficient (Wildman–Crippen LogP) is 4.31. The molecular formula is C26H39N3O4. The van der Waals surface area contributed by atoms with Gasteiger partial charge in [0.2, 0.25) is 5.91 Å². The number of imide groups is 1. The molecule has 0 radical (unpaired) electrons. The first-order chi connectivity index (χ1) is 15.5. The second-order valence-electron chi connectivity index (χ2n) is 9.63. The van der Waals surface area contributed by atoms with E-state index in [9.17, 15) is 9.59 Å². The minimum Gasteiger partial charge on any atom is -0.491 e. The molecule has 1 heterocycles. The van der Waals surface area contributed by atoms with Gasteiger partial charge in [0.05, 0.1) is 18.8 Å². The number of nitrogens with zero attached hydrogens (tertiary/aromatic N) is 3. The number of aryl methyl sites for hydroxylation is 2. The van der Waals surface area contributed by atoms with Gasteiger partial charge in [-0.05, 0) is 43.5 Å². The number of carbonyl (C=O) groups is 2. The van der Waals surface area contributed by atoms with Gasteiger partial charge in [-0.2, -0.15) is 5.10 Å². The molecule has 0 bridgehead atoms. The minimum atomic E-state index is -0.356. The maximum atomic E-state index is 13.3. The largest absolute Gasteiger partial charge is 0.491 e. The summed E-state index contributed by atoms with van der Waals surface area (Å²) in [5.41, 5.74) is 3.20. The number of rotatable bonds is 10. The summed E-state index contributed by atoms with van der Waals surface area (Å²) in [4.78, 5) is 27.4. The molecule has 0 fully saturated rings. The Kier molecular flexibility index (Phi) is 9.23. The van der Waals surface area contributed by atoms with Gasteiger partial charge in [-0.1, -0.05) is 46.8 Å². The lowest BCUT2D eigenvalue weighted by Gasteiger charge is -2.23. The van der Waals surface area contributed by atoms with Crippen molar-refractivity contribution in [3.05, 3.63) is 46.8 Å². The Bertz CT molecular complexity index is 957. The van der Waals surface area contributed by atoms with Crippen LogP contribution in [-0.2, 0) is 28.4 Å². The van der Waals surface area contributed by atoms with Crippen LogP contribution in [0.25, 0.3) is 0 Å². The molecule has 7 heteroatoms. The van der Waals surface area contributed by atoms with Crippen molar-refractivity contribution in [2.24, 2.45) is 13.0 Å². The Morgan fingerprint density at radius 1 is 1.15 bits per heavy atom. The van der Waals surface area contributed by atoms with Crippen molar-refractivity contribution in [1.29, 1.82) is 0 Å². The van der Waals surface area contributed by atoms with E-state index in [0.717, 1.165) is 23.4 Å². The van der Waals surface area contributed by atoms with Gasteiger partial charge in [0, 0.05) is 25.0 Å². The highest BCUT2D eigenvalue weighted by atomic mass is 16.5. The van der Waals surface area contributed by atoms with Gasteiger partial charge >= 0.3 is 0 Å². The Morgan fingerprint density at radius 3 is 2.39 bits per heavy atom. The van der Waals surface area contributed by atoms with Crippen LogP contribution >= 0.6 is 0 Å². The predicted molar refractivity (Wildman–Crippen MR) is 130 cm³/mol. The lowest BCUT2D eigenvalue weighted by atomic mass is 9.92. The summed E-state index contributed by atoms with van der Waals surface area (Å²) in [5.74, 6) is -0.151. The number of benzene rings is 1. The fourth-order valence-corrected chi connectivity index (χ4v) is 3.41. The summed E-state index contributed by atoms with van der Waals surface area (Å²) in [6, 6.07) is 7.81. The molecule has 1 aromatic heterocycles. The normalized spacial score (nSPS) is 11.7. The molecule has 2 aromatic rings. The average molecular weight is 458 g/mol. The van der Waals surface area contributed by atoms with E-state index in [-0.39, 0.29) is 36.3 Å². The Balaban J connectivity index is 2.12. The first kappa shape index (κ1) is 26.6. The molecule has 182 valence electrons. The molecule has 2 rings (SSSR count). The Hall–Kier alpha value is -2.67. The molecule has 0 spiro atoms. The number of carbonyl (C=O) groups excluding carboxylic acids is 2. The van der Waals surface area contributed by atoms with E-state index >= 15 is 0 Å². The standard InChI is InChI=1S/C26H39N3O4/c1-9-32-14-12-20-10-11-22(19(4)16-20)33-15-13-29(24(30)18(2)3)25(31)21-17-23(26(5,6)7)27-28(21)8/h10-11,16-18H,9,12-15H2,1-8H3. The molecule has 0 N–H and O–H groups in total. The third-order valence-electron chi connectivity index (χ3n) is 5.42. The fourth-order valence-electron chi connectivity index (χ4n) is 3.41. The van der Waals surface area contributed by atoms with Crippen LogP contribution in [0.15, 0.2) is 24.3 Å². The molecule has 0 unspecified atom stereocenters. The topological polar surface area (TPSA) is 73.7 Å². The van der Waals surface area contributed by atoms with E-state index in [1.54, 1.807) is 31.6 Å². The van der Waals surface area contributed by atoms with Crippen LogP contribution in [0, 0.1) is 12.8 Å². The average Bonchev–Trinajstić information content (AvgIpc) is 3.14. The second-order valence-corrected chi connectivity index (χ2v) is 9.63. The zero-order chi connectivity index (χ0) is 24.8. The summed E-state index contributed by atoms with van der Waals surface area (Å²) in [6.07, 6.45) is 0.849. The summed E-state index contributed by atoms with van der Waals surface area (Å²) >= 11 is 0. The molecule has 0 saturated heterocycles. The van der Waals surface area contributed by atoms with Crippen molar-refractivity contribution < 1.29 is 19.1 Å². The second kappa shape index (κ2) is 11.5. The zero-order valence-corrected chi connectivity index (χ0v) is 21.4. The highest BCUT2D eigenvalue weighted by Crippen LogP contribution is 2.23. The summed E-state index contributed by atoms with van der Waals surface area (Å²) in [5, 5.41) is 4.48. The van der Waals surface area contributed by atoms with E-state index in [1.165, 1.54) is 10.5 Å². The summed E-state index contributed by atoms with van der Waals surface area (Å²) < 4.78 is 12.9. The van der Waals surface area contributed by atoms with Gasteiger partial charge < -0.3 is 9.47 Å². The molecule has 7 nitrogen and oxygen atoms in total. The molecular weight excluding hydrogens is 418 g/mol. The van der Waals surface area contributed by atoms with Gasteiger partial charge in [0.25, 0.3) is 5.91 Å². The van der Waals surface area contributed by atoms with Gasteiger partial charge in [-0.25, -0.2) is 0 Å². The SMILES string of the molecule is CCOCCc1ccc(OCCN(C(=O)c2cc(C(C)(C)C)nn2C)C(=O)C(C)C)c(C)c1. The third kappa shape index (κ3) is 7.16. The van der Waals surface area contributed by atoms with E-state index in [4.69, 9.17) is 9.47 Å². The van der Waals surface area contributed by atoms with Crippen molar-refractivity contribution in [3.63, 3.8) is 0 Å². The van der Waals surface area contributed by atoms with E-state index in [2.05, 4.69) is 11.2 Å². The molecule has 0 aliphatic carbocycles. The van der Waals surface area contributed by atoms with Crippen LogP contribution in [0.4, 0.5) is 0 Å². The fraction of sp³-hybridized carbons (Fsp3) is 0.577. The van der Waals surface area contributed by atoms with E-state index < -0.39 is 0 Å². The van der Waals surface area contributed by atoms with Crippen LogP contribution in [-0.4, -0.2) is 52.9 Å². The highest BCUT2D eigenvalue weighted by molar-refractivity contribution is 6.04. The minimum absolute atomic E-state index is 0.164. The molecule has 1 aromatic carbocycles. The maximum absolute atomic E-state index is 13.3. The number of hydrogen-bond donors (Lipinski definition) is 0.